The van der Waals surface area contributed by atoms with Crippen molar-refractivity contribution in [1.82, 2.24) is 4.57 Å². The molecular weight excluding hydrogens is 302 g/mol. The Morgan fingerprint density at radius 2 is 2.07 bits per heavy atom. The molecule has 0 aliphatic heterocycles. The van der Waals surface area contributed by atoms with Gasteiger partial charge in [-0.2, -0.15) is 0 Å². The molecule has 0 aliphatic carbocycles. The number of aryl methyl sites for hydroxylation is 1. The van der Waals surface area contributed by atoms with E-state index in [1.165, 1.54) is 6.07 Å². The van der Waals surface area contributed by atoms with Crippen LogP contribution in [-0.4, -0.2) is 13.0 Å². The normalized spacial score (nSPS) is 12.2. The fourth-order valence-electron chi connectivity index (χ4n) is 1.47. The van der Waals surface area contributed by atoms with Gasteiger partial charge in [-0.05, 0) is 34.1 Å². The Bertz CT molecular complexity index is 633. The molecule has 3 nitrogen and oxygen atoms in total. The monoisotopic (exact) mass is 307 g/mol. The van der Waals surface area contributed by atoms with Crippen molar-refractivity contribution >= 4 is 46.6 Å². The molecule has 0 unspecified atom stereocenters. The predicted molar refractivity (Wildman–Crippen MR) is 63.7 cm³/mol. The number of hydrogen-bond acceptors (Lipinski definition) is 2. The summed E-state index contributed by atoms with van der Waals surface area (Å²) < 4.78 is 25.0. The third-order valence-corrected chi connectivity index (χ3v) is 4.18. The van der Waals surface area contributed by atoms with Gasteiger partial charge in [0.1, 0.15) is 0 Å². The fourth-order valence-corrected chi connectivity index (χ4v) is 2.88. The maximum absolute atomic E-state index is 11.1. The van der Waals surface area contributed by atoms with Gasteiger partial charge in [-0.1, -0.05) is 0 Å². The van der Waals surface area contributed by atoms with Crippen LogP contribution in [0.2, 0.25) is 0 Å². The number of halogens is 2. The van der Waals surface area contributed by atoms with E-state index in [4.69, 9.17) is 10.7 Å². The second kappa shape index (κ2) is 3.50. The largest absolute Gasteiger partial charge is 0.349 e. The third kappa shape index (κ3) is 1.91. The summed E-state index contributed by atoms with van der Waals surface area (Å²) in [6.45, 7) is 0. The lowest BCUT2D eigenvalue weighted by atomic mass is 10.2. The Balaban J connectivity index is 2.82. The van der Waals surface area contributed by atoms with E-state index >= 15 is 0 Å². The number of rotatable bonds is 1. The zero-order valence-electron chi connectivity index (χ0n) is 7.74. The molecule has 0 fully saturated rings. The van der Waals surface area contributed by atoms with E-state index in [1.807, 2.05) is 17.8 Å². The topological polar surface area (TPSA) is 39.1 Å². The molecule has 0 spiro atoms. The molecule has 2 rings (SSSR count). The van der Waals surface area contributed by atoms with Crippen LogP contribution >= 0.6 is 26.6 Å². The van der Waals surface area contributed by atoms with Crippen LogP contribution < -0.4 is 0 Å². The number of hydrogen-bond donors (Lipinski definition) is 0. The van der Waals surface area contributed by atoms with E-state index in [2.05, 4.69) is 15.9 Å². The highest BCUT2D eigenvalue weighted by Gasteiger charge is 2.12. The predicted octanol–water partition coefficient (Wildman–Crippen LogP) is 2.87. The van der Waals surface area contributed by atoms with Crippen molar-refractivity contribution in [3.05, 3.63) is 28.9 Å². The summed E-state index contributed by atoms with van der Waals surface area (Å²) in [5, 5.41) is 0.833. The van der Waals surface area contributed by atoms with Crippen molar-refractivity contribution in [3.8, 4) is 0 Å². The molecule has 80 valence electrons. The lowest BCUT2D eigenvalue weighted by molar-refractivity contribution is 0.609. The molecule has 2 aromatic rings. The van der Waals surface area contributed by atoms with Gasteiger partial charge in [0.05, 0.1) is 4.90 Å². The first kappa shape index (κ1) is 11.0. The van der Waals surface area contributed by atoms with E-state index in [0.717, 1.165) is 15.4 Å². The summed E-state index contributed by atoms with van der Waals surface area (Å²) >= 11 is 3.36. The first-order valence-corrected chi connectivity index (χ1v) is 7.19. The second-order valence-electron chi connectivity index (χ2n) is 3.20. The smallest absolute Gasteiger partial charge is 0.261 e. The summed E-state index contributed by atoms with van der Waals surface area (Å²) in [5.74, 6) is 0. The molecule has 0 atom stereocenters. The van der Waals surface area contributed by atoms with Crippen LogP contribution in [0.1, 0.15) is 0 Å². The Hall–Kier alpha value is -0.520. The molecular formula is C9H7BrClNO2S. The number of nitrogens with zero attached hydrogens (tertiary/aromatic N) is 1. The standard InChI is InChI=1S/C9H7BrClNO2S/c1-12-5-8(10)7-4-6(15(11,13)14)2-3-9(7)12/h2-5H,1H3. The minimum atomic E-state index is -3.66. The van der Waals surface area contributed by atoms with Gasteiger partial charge in [0.2, 0.25) is 0 Å². The number of fused-ring (bicyclic) bond motifs is 1. The van der Waals surface area contributed by atoms with Crippen molar-refractivity contribution in [2.24, 2.45) is 7.05 Å². The van der Waals surface area contributed by atoms with Crippen LogP contribution in [0.25, 0.3) is 10.9 Å². The average Bonchev–Trinajstić information content (AvgIpc) is 2.41. The summed E-state index contributed by atoms with van der Waals surface area (Å²) in [5.41, 5.74) is 0.950. The summed E-state index contributed by atoms with van der Waals surface area (Å²) in [4.78, 5) is 0.114. The molecule has 1 heterocycles. The van der Waals surface area contributed by atoms with Crippen LogP contribution in [0.4, 0.5) is 0 Å². The van der Waals surface area contributed by atoms with E-state index < -0.39 is 9.05 Å². The molecule has 1 aromatic carbocycles. The highest BCUT2D eigenvalue weighted by atomic mass is 79.9. The average molecular weight is 309 g/mol. The van der Waals surface area contributed by atoms with Crippen molar-refractivity contribution in [3.63, 3.8) is 0 Å². The quantitative estimate of drug-likeness (QED) is 0.760. The summed E-state index contributed by atoms with van der Waals surface area (Å²) in [7, 11) is 3.50. The number of benzene rings is 1. The molecule has 6 heteroatoms. The molecule has 0 bridgehead atoms. The summed E-state index contributed by atoms with van der Waals surface area (Å²) in [6, 6.07) is 4.79. The van der Waals surface area contributed by atoms with Crippen molar-refractivity contribution < 1.29 is 8.42 Å². The molecule has 0 aliphatic rings. The second-order valence-corrected chi connectivity index (χ2v) is 6.63. The molecule has 0 radical (unpaired) electrons. The highest BCUT2D eigenvalue weighted by Crippen LogP contribution is 2.28. The Kier molecular flexibility index (Phi) is 2.56. The van der Waals surface area contributed by atoms with Crippen LogP contribution in [0.5, 0.6) is 0 Å². The van der Waals surface area contributed by atoms with Crippen molar-refractivity contribution in [1.29, 1.82) is 0 Å². The molecule has 0 amide bonds. The van der Waals surface area contributed by atoms with Gasteiger partial charge in [0, 0.05) is 39.3 Å². The fraction of sp³-hybridized carbons (Fsp3) is 0.111. The summed E-state index contributed by atoms with van der Waals surface area (Å²) in [6.07, 6.45) is 1.87. The van der Waals surface area contributed by atoms with Crippen molar-refractivity contribution in [2.75, 3.05) is 0 Å². The minimum absolute atomic E-state index is 0.114. The number of aromatic nitrogens is 1. The highest BCUT2D eigenvalue weighted by molar-refractivity contribution is 9.10. The zero-order chi connectivity index (χ0) is 11.2. The molecule has 15 heavy (non-hydrogen) atoms. The molecule has 0 saturated heterocycles. The first-order chi connectivity index (χ1) is 6.89. The van der Waals surface area contributed by atoms with Gasteiger partial charge in [-0.3, -0.25) is 0 Å². The van der Waals surface area contributed by atoms with E-state index in [1.54, 1.807) is 12.1 Å². The lowest BCUT2D eigenvalue weighted by Crippen LogP contribution is -1.90. The van der Waals surface area contributed by atoms with E-state index in [9.17, 15) is 8.42 Å². The molecule has 0 saturated carbocycles. The Labute approximate surface area is 100 Å². The lowest BCUT2D eigenvalue weighted by Gasteiger charge is -1.98. The van der Waals surface area contributed by atoms with E-state index in [0.29, 0.717) is 0 Å². The van der Waals surface area contributed by atoms with Crippen LogP contribution in [-0.2, 0) is 16.1 Å². The van der Waals surface area contributed by atoms with Crippen LogP contribution in [0.3, 0.4) is 0 Å². The van der Waals surface area contributed by atoms with Gasteiger partial charge in [-0.15, -0.1) is 0 Å². The van der Waals surface area contributed by atoms with Gasteiger partial charge < -0.3 is 4.57 Å². The van der Waals surface area contributed by atoms with Gasteiger partial charge >= 0.3 is 0 Å². The molecule has 1 aromatic heterocycles. The van der Waals surface area contributed by atoms with Crippen LogP contribution in [0, 0.1) is 0 Å². The van der Waals surface area contributed by atoms with E-state index in [-0.39, 0.29) is 4.90 Å². The maximum Gasteiger partial charge on any atom is 0.261 e. The Morgan fingerprint density at radius 3 is 2.67 bits per heavy atom. The van der Waals surface area contributed by atoms with Gasteiger partial charge in [0.25, 0.3) is 9.05 Å². The SMILES string of the molecule is Cn1cc(Br)c2cc(S(=O)(=O)Cl)ccc21. The van der Waals surface area contributed by atoms with Crippen molar-refractivity contribution in [2.45, 2.75) is 4.90 Å². The maximum atomic E-state index is 11.1. The Morgan fingerprint density at radius 1 is 1.40 bits per heavy atom. The minimum Gasteiger partial charge on any atom is -0.349 e. The first-order valence-electron chi connectivity index (χ1n) is 4.09. The molecule has 0 N–H and O–H groups in total. The van der Waals surface area contributed by atoms with Gasteiger partial charge in [-0.25, -0.2) is 8.42 Å². The van der Waals surface area contributed by atoms with Gasteiger partial charge in [0.15, 0.2) is 0 Å². The zero-order valence-corrected chi connectivity index (χ0v) is 10.9. The van der Waals surface area contributed by atoms with Crippen LogP contribution in [0.15, 0.2) is 33.8 Å². The third-order valence-electron chi connectivity index (χ3n) is 2.19.